The molecule has 1 aromatic heterocycles. The van der Waals surface area contributed by atoms with Gasteiger partial charge >= 0.3 is 0 Å². The Hall–Kier alpha value is -6.38. The van der Waals surface area contributed by atoms with Crippen LogP contribution in [-0.4, -0.2) is 4.57 Å². The van der Waals surface area contributed by atoms with E-state index in [0.717, 1.165) is 49.9 Å². The van der Waals surface area contributed by atoms with Crippen LogP contribution in [0.1, 0.15) is 16.7 Å². The molecule has 0 spiro atoms. The summed E-state index contributed by atoms with van der Waals surface area (Å²) in [5.41, 5.74) is 12.6. The highest BCUT2D eigenvalue weighted by molar-refractivity contribution is 6.09. The molecule has 2 heteroatoms. The molecule has 0 bridgehead atoms. The number of benzene rings is 6. The van der Waals surface area contributed by atoms with E-state index in [1.807, 2.05) is 6.08 Å². The van der Waals surface area contributed by atoms with E-state index in [-0.39, 0.29) is 0 Å². The van der Waals surface area contributed by atoms with Crippen molar-refractivity contribution in [1.29, 1.82) is 0 Å². The van der Waals surface area contributed by atoms with E-state index in [2.05, 4.69) is 186 Å². The Kier molecular flexibility index (Phi) is 6.48. The van der Waals surface area contributed by atoms with Crippen molar-refractivity contribution in [1.82, 2.24) is 4.57 Å². The van der Waals surface area contributed by atoms with Crippen LogP contribution < -0.4 is 15.5 Å². The van der Waals surface area contributed by atoms with Crippen molar-refractivity contribution in [2.45, 2.75) is 0 Å². The molecule has 0 saturated heterocycles. The second-order valence-corrected chi connectivity index (χ2v) is 12.3. The van der Waals surface area contributed by atoms with Crippen molar-refractivity contribution in [2.75, 3.05) is 4.90 Å². The van der Waals surface area contributed by atoms with Crippen LogP contribution in [-0.2, 0) is 0 Å². The minimum atomic E-state index is 0.974. The Morgan fingerprint density at radius 2 is 1.35 bits per heavy atom. The number of rotatable bonds is 3. The van der Waals surface area contributed by atoms with Crippen LogP contribution in [0.15, 0.2) is 171 Å². The number of hydrogen-bond acceptors (Lipinski definition) is 1. The molecule has 0 unspecified atom stereocenters. The summed E-state index contributed by atoms with van der Waals surface area (Å²) < 4.78 is 2.35. The monoisotopic (exact) mass is 612 g/mol. The zero-order valence-electron chi connectivity index (χ0n) is 26.5. The first kappa shape index (κ1) is 27.9. The van der Waals surface area contributed by atoms with Gasteiger partial charge in [-0.3, -0.25) is 0 Å². The van der Waals surface area contributed by atoms with Gasteiger partial charge in [0.25, 0.3) is 0 Å². The minimum absolute atomic E-state index is 0.974. The topological polar surface area (TPSA) is 8.17 Å². The van der Waals surface area contributed by atoms with Gasteiger partial charge in [-0.1, -0.05) is 128 Å². The van der Waals surface area contributed by atoms with Crippen molar-refractivity contribution in [3.63, 3.8) is 0 Å². The summed E-state index contributed by atoms with van der Waals surface area (Å²) in [7, 11) is 0. The van der Waals surface area contributed by atoms with Crippen LogP contribution in [0, 0.1) is 0 Å². The highest BCUT2D eigenvalue weighted by Crippen LogP contribution is 2.50. The number of para-hydroxylation sites is 2. The minimum Gasteiger partial charge on any atom is -0.309 e. The van der Waals surface area contributed by atoms with Crippen LogP contribution in [0.25, 0.3) is 61.9 Å². The van der Waals surface area contributed by atoms with Crippen molar-refractivity contribution in [3.05, 3.63) is 198 Å². The third-order valence-corrected chi connectivity index (χ3v) is 9.57. The molecule has 2 nitrogen and oxygen atoms in total. The van der Waals surface area contributed by atoms with E-state index in [1.165, 1.54) is 38.5 Å². The maximum atomic E-state index is 4.54. The smallest absolute Gasteiger partial charge is 0.0547 e. The first-order valence-corrected chi connectivity index (χ1v) is 16.3. The second-order valence-electron chi connectivity index (χ2n) is 12.3. The lowest BCUT2D eigenvalue weighted by Gasteiger charge is -2.37. The van der Waals surface area contributed by atoms with E-state index in [9.17, 15) is 0 Å². The fourth-order valence-corrected chi connectivity index (χ4v) is 7.50. The average molecular weight is 613 g/mol. The molecule has 48 heavy (non-hydrogen) atoms. The van der Waals surface area contributed by atoms with Crippen molar-refractivity contribution >= 4 is 56.5 Å². The number of hydrogen-bond donors (Lipinski definition) is 0. The van der Waals surface area contributed by atoms with Gasteiger partial charge in [0.05, 0.1) is 27.9 Å². The summed E-state index contributed by atoms with van der Waals surface area (Å²) in [6.45, 7) is 8.66. The predicted octanol–water partition coefficient (Wildman–Crippen LogP) is 10.3. The number of anilines is 2. The standard InChI is InChI=1S/C46H32N2/c1-3-14-41-40(46-35-19-8-7-16-33(35)26-28-45(46)47(41)34-17-5-4-6-18-34)30-32-25-27-44-39(29-32)31(2)15-13-24-43-38-21-10-9-20-36(38)37-22-11-12-23-42(37)48(43)44/h3-30H,1-2H2/b15-13-,40-30?,41-14+,43-24-. The van der Waals surface area contributed by atoms with Gasteiger partial charge in [-0.25, -0.2) is 0 Å². The number of aromatic nitrogens is 1. The summed E-state index contributed by atoms with van der Waals surface area (Å²) in [6, 6.07) is 47.9. The predicted molar refractivity (Wildman–Crippen MR) is 205 cm³/mol. The average Bonchev–Trinajstić information content (AvgIpc) is 3.44. The molecule has 0 saturated carbocycles. The summed E-state index contributed by atoms with van der Waals surface area (Å²) in [6.07, 6.45) is 12.8. The molecule has 7 aromatic rings. The normalized spacial score (nSPS) is 16.0. The Labute approximate surface area is 280 Å². The molecule has 9 rings (SSSR count). The molecule has 2 aliphatic rings. The molecule has 6 aromatic carbocycles. The molecule has 226 valence electrons. The molecular weight excluding hydrogens is 581 g/mol. The zero-order chi connectivity index (χ0) is 32.2. The third kappa shape index (κ3) is 4.27. The van der Waals surface area contributed by atoms with Gasteiger partial charge < -0.3 is 9.47 Å². The lowest BCUT2D eigenvalue weighted by molar-refractivity contribution is 1.07. The zero-order valence-corrected chi connectivity index (χ0v) is 26.5. The quantitative estimate of drug-likeness (QED) is 0.193. The Morgan fingerprint density at radius 1 is 0.625 bits per heavy atom. The van der Waals surface area contributed by atoms with Crippen molar-refractivity contribution < 1.29 is 0 Å². The summed E-state index contributed by atoms with van der Waals surface area (Å²) in [4.78, 5) is 2.40. The summed E-state index contributed by atoms with van der Waals surface area (Å²) in [5, 5.41) is 5.93. The van der Waals surface area contributed by atoms with E-state index in [4.69, 9.17) is 0 Å². The van der Waals surface area contributed by atoms with Gasteiger partial charge in [-0.15, -0.1) is 0 Å². The molecule has 3 heterocycles. The van der Waals surface area contributed by atoms with Crippen LogP contribution in [0.5, 0.6) is 0 Å². The first-order chi connectivity index (χ1) is 23.7. The largest absolute Gasteiger partial charge is 0.309 e. The second kappa shape index (κ2) is 11.2. The van der Waals surface area contributed by atoms with E-state index in [0.29, 0.717) is 0 Å². The van der Waals surface area contributed by atoms with Crippen molar-refractivity contribution in [3.8, 4) is 16.8 Å². The molecule has 0 atom stereocenters. The Morgan fingerprint density at radius 3 is 2.21 bits per heavy atom. The molecule has 0 N–H and O–H groups in total. The maximum absolute atomic E-state index is 4.54. The van der Waals surface area contributed by atoms with Gasteiger partial charge in [0.1, 0.15) is 0 Å². The highest BCUT2D eigenvalue weighted by Gasteiger charge is 2.29. The third-order valence-electron chi connectivity index (χ3n) is 9.57. The fraction of sp³-hybridized carbons (Fsp3) is 0. The first-order valence-electron chi connectivity index (χ1n) is 16.3. The number of nitrogens with zero attached hydrogens (tertiary/aromatic N) is 2. The van der Waals surface area contributed by atoms with E-state index in [1.54, 1.807) is 0 Å². The van der Waals surface area contributed by atoms with Crippen LogP contribution >= 0.6 is 0 Å². The highest BCUT2D eigenvalue weighted by atomic mass is 15.2. The molecule has 0 fully saturated rings. The van der Waals surface area contributed by atoms with E-state index >= 15 is 0 Å². The SMILES string of the molecule is C=C/C=c1\c(=Cc2ccc3c(c2)C(=C)/C=C\C=C2\c4ccccc4-c4ccccc4N23)c2c3ccccc3ccc2n1-c1ccccc1. The van der Waals surface area contributed by atoms with Crippen molar-refractivity contribution in [2.24, 2.45) is 0 Å². The molecule has 0 aliphatic carbocycles. The van der Waals surface area contributed by atoms with Gasteiger partial charge in [-0.2, -0.15) is 0 Å². The number of allylic oxidation sites excluding steroid dienone is 5. The van der Waals surface area contributed by atoms with E-state index < -0.39 is 0 Å². The molecule has 0 amide bonds. The van der Waals surface area contributed by atoms with Crippen LogP contribution in [0.4, 0.5) is 11.4 Å². The lowest BCUT2D eigenvalue weighted by Crippen LogP contribution is -2.28. The van der Waals surface area contributed by atoms with Gasteiger partial charge in [-0.05, 0) is 82.1 Å². The summed E-state index contributed by atoms with van der Waals surface area (Å²) in [5.74, 6) is 0. The Balaban J connectivity index is 1.33. The van der Waals surface area contributed by atoms with Crippen LogP contribution in [0.3, 0.4) is 0 Å². The molecule has 2 aliphatic heterocycles. The van der Waals surface area contributed by atoms with Gasteiger partial charge in [0.2, 0.25) is 0 Å². The van der Waals surface area contributed by atoms with Crippen LogP contribution in [0.2, 0.25) is 0 Å². The Bertz CT molecular complexity index is 2650. The molecule has 0 radical (unpaired) electrons. The maximum Gasteiger partial charge on any atom is 0.0547 e. The lowest BCUT2D eigenvalue weighted by atomic mass is 9.88. The van der Waals surface area contributed by atoms with Gasteiger partial charge in [0, 0.05) is 33.0 Å². The molecular formula is C46H32N2. The summed E-state index contributed by atoms with van der Waals surface area (Å²) >= 11 is 0. The fourth-order valence-electron chi connectivity index (χ4n) is 7.50. The van der Waals surface area contributed by atoms with Gasteiger partial charge in [0.15, 0.2) is 0 Å². The number of fused-ring (bicyclic) bond motifs is 11.